The molecule has 7 nitrogen and oxygen atoms in total. The van der Waals surface area contributed by atoms with Crippen LogP contribution in [-0.2, 0) is 22.3 Å². The molecular formula is C26H31ClNO6PS. The van der Waals surface area contributed by atoms with Crippen molar-refractivity contribution in [3.63, 3.8) is 0 Å². The van der Waals surface area contributed by atoms with Gasteiger partial charge in [-0.15, -0.1) is 11.3 Å². The van der Waals surface area contributed by atoms with E-state index >= 15 is 0 Å². The van der Waals surface area contributed by atoms with Crippen molar-refractivity contribution in [1.82, 2.24) is 4.90 Å². The average molecular weight is 552 g/mol. The molecule has 0 spiro atoms. The van der Waals surface area contributed by atoms with Crippen molar-refractivity contribution < 1.29 is 29.0 Å². The maximum atomic E-state index is 12.7. The van der Waals surface area contributed by atoms with Gasteiger partial charge in [-0.25, -0.2) is 0 Å². The van der Waals surface area contributed by atoms with Crippen LogP contribution < -0.4 is 4.74 Å². The molecule has 4 rings (SSSR count). The predicted molar refractivity (Wildman–Crippen MR) is 143 cm³/mol. The minimum atomic E-state index is -4.27. The van der Waals surface area contributed by atoms with Gasteiger partial charge >= 0.3 is 7.60 Å². The fourth-order valence-corrected chi connectivity index (χ4v) is 6.51. The summed E-state index contributed by atoms with van der Waals surface area (Å²) in [5.74, 6) is 0.437. The van der Waals surface area contributed by atoms with E-state index in [1.807, 2.05) is 29.2 Å². The van der Waals surface area contributed by atoms with E-state index in [9.17, 15) is 14.5 Å². The van der Waals surface area contributed by atoms with Gasteiger partial charge in [-0.2, -0.15) is 0 Å². The van der Waals surface area contributed by atoms with Crippen LogP contribution in [0.5, 0.6) is 5.75 Å². The van der Waals surface area contributed by atoms with Gasteiger partial charge in [-0.3, -0.25) is 9.36 Å². The average Bonchev–Trinajstić information content (AvgIpc) is 3.17. The zero-order valence-corrected chi connectivity index (χ0v) is 22.4. The molecule has 3 aromatic rings. The van der Waals surface area contributed by atoms with E-state index in [-0.39, 0.29) is 11.9 Å². The van der Waals surface area contributed by atoms with Gasteiger partial charge in [0.05, 0.1) is 11.1 Å². The Morgan fingerprint density at radius 2 is 1.97 bits per heavy atom. The number of hydrogen-bond donors (Lipinski definition) is 3. The number of fused-ring (bicyclic) bond motifs is 1. The van der Waals surface area contributed by atoms with E-state index in [4.69, 9.17) is 26.1 Å². The summed E-state index contributed by atoms with van der Waals surface area (Å²) < 4.78 is 17.5. The quantitative estimate of drug-likeness (QED) is 0.263. The third-order valence-corrected chi connectivity index (χ3v) is 8.72. The smallest absolute Gasteiger partial charge is 0.362 e. The van der Waals surface area contributed by atoms with E-state index in [2.05, 4.69) is 6.07 Å². The van der Waals surface area contributed by atoms with Crippen molar-refractivity contribution in [1.29, 1.82) is 0 Å². The zero-order chi connectivity index (χ0) is 25.7. The number of aryl methyl sites for hydroxylation is 1. The van der Waals surface area contributed by atoms with E-state index < -0.39 is 20.0 Å². The fourth-order valence-electron chi connectivity index (χ4n) is 4.65. The van der Waals surface area contributed by atoms with Crippen LogP contribution in [0.3, 0.4) is 0 Å². The standard InChI is InChI=1S/C26H31ClNO6PS/c27-26-22-8-1-2-9-23(22)36-24(26)14-13-20(29)12-11-19-6-4-10-25(30)28(19)16-18-5-3-7-21(15-18)34-17-35(31,32)33/h1-3,5,7-9,15,19-20,29H,4,6,10-14,16-17H2,(H2,31,32,33)/t19-,20?/m1/s1. The molecule has 1 aliphatic rings. The van der Waals surface area contributed by atoms with Crippen LogP contribution in [0, 0.1) is 0 Å². The lowest BCUT2D eigenvalue weighted by atomic mass is 9.94. The van der Waals surface area contributed by atoms with Gasteiger partial charge in [0.25, 0.3) is 0 Å². The lowest BCUT2D eigenvalue weighted by molar-refractivity contribution is -0.137. The number of halogens is 1. The molecule has 1 saturated heterocycles. The van der Waals surface area contributed by atoms with Crippen molar-refractivity contribution in [2.24, 2.45) is 0 Å². The van der Waals surface area contributed by atoms with Crippen LogP contribution in [0.15, 0.2) is 48.5 Å². The van der Waals surface area contributed by atoms with Gasteiger partial charge in [0.15, 0.2) is 6.35 Å². The van der Waals surface area contributed by atoms with Crippen molar-refractivity contribution in [2.75, 3.05) is 6.35 Å². The highest BCUT2D eigenvalue weighted by atomic mass is 35.5. The number of rotatable bonds is 11. The Balaban J connectivity index is 1.32. The van der Waals surface area contributed by atoms with Crippen LogP contribution in [0.4, 0.5) is 0 Å². The van der Waals surface area contributed by atoms with E-state index in [1.54, 1.807) is 29.5 Å². The molecule has 0 radical (unpaired) electrons. The van der Waals surface area contributed by atoms with Gasteiger partial charge in [0.2, 0.25) is 5.91 Å². The molecule has 1 aliphatic heterocycles. The molecule has 1 amide bonds. The van der Waals surface area contributed by atoms with Crippen molar-refractivity contribution in [2.45, 2.75) is 63.6 Å². The number of aliphatic hydroxyl groups excluding tert-OH is 1. The Kier molecular flexibility index (Phi) is 9.10. The second-order valence-corrected chi connectivity index (χ2v) is 12.4. The topological polar surface area (TPSA) is 107 Å². The number of carbonyl (C=O) groups is 1. The first-order chi connectivity index (χ1) is 17.2. The molecule has 2 heterocycles. The summed E-state index contributed by atoms with van der Waals surface area (Å²) in [7, 11) is -4.27. The van der Waals surface area contributed by atoms with Crippen molar-refractivity contribution in [3.8, 4) is 5.75 Å². The normalized spacial score (nSPS) is 17.5. The second-order valence-electron chi connectivity index (χ2n) is 9.26. The maximum absolute atomic E-state index is 12.7. The third kappa shape index (κ3) is 7.31. The number of likely N-dealkylation sites (tertiary alicyclic amines) is 1. The van der Waals surface area contributed by atoms with Gasteiger partial charge in [0, 0.05) is 34.0 Å². The summed E-state index contributed by atoms with van der Waals surface area (Å²) in [6.45, 7) is 0.393. The third-order valence-electron chi connectivity index (χ3n) is 6.48. The van der Waals surface area contributed by atoms with Crippen molar-refractivity contribution in [3.05, 3.63) is 64.0 Å². The molecule has 3 N–H and O–H groups in total. The molecule has 1 fully saturated rings. The molecule has 1 unspecified atom stereocenters. The number of hydrogen-bond acceptors (Lipinski definition) is 5. The second kappa shape index (κ2) is 12.1. The molecule has 10 heteroatoms. The minimum absolute atomic E-state index is 0.0356. The molecule has 2 atom stereocenters. The Morgan fingerprint density at radius 1 is 1.17 bits per heavy atom. The Labute approximate surface area is 219 Å². The number of benzene rings is 2. The highest BCUT2D eigenvalue weighted by Gasteiger charge is 2.28. The number of amides is 1. The summed E-state index contributed by atoms with van der Waals surface area (Å²) in [4.78, 5) is 33.8. The summed E-state index contributed by atoms with van der Waals surface area (Å²) in [5, 5.41) is 12.5. The van der Waals surface area contributed by atoms with Crippen LogP contribution >= 0.6 is 30.5 Å². The summed E-state index contributed by atoms with van der Waals surface area (Å²) in [6, 6.07) is 15.0. The molecule has 0 saturated carbocycles. The van der Waals surface area contributed by atoms with Crippen LogP contribution in [-0.4, -0.2) is 44.2 Å². The van der Waals surface area contributed by atoms with E-state index in [1.165, 1.54) is 0 Å². The molecule has 194 valence electrons. The first-order valence-corrected chi connectivity index (χ1v) is 15.1. The number of carbonyl (C=O) groups excluding carboxylic acids is 1. The summed E-state index contributed by atoms with van der Waals surface area (Å²) >= 11 is 8.21. The Morgan fingerprint density at radius 3 is 2.75 bits per heavy atom. The summed E-state index contributed by atoms with van der Waals surface area (Å²) in [5.41, 5.74) is 0.832. The highest BCUT2D eigenvalue weighted by Crippen LogP contribution is 2.37. The van der Waals surface area contributed by atoms with Crippen molar-refractivity contribution >= 4 is 46.5 Å². The lowest BCUT2D eigenvalue weighted by Gasteiger charge is -2.36. The Bertz CT molecular complexity index is 1240. The summed E-state index contributed by atoms with van der Waals surface area (Å²) in [6.07, 6.45) is 3.69. The number of piperidine rings is 1. The first-order valence-electron chi connectivity index (χ1n) is 12.1. The van der Waals surface area contributed by atoms with E-state index in [0.717, 1.165) is 38.4 Å². The lowest BCUT2D eigenvalue weighted by Crippen LogP contribution is -2.43. The number of ether oxygens (including phenoxy) is 1. The number of nitrogens with zero attached hydrogens (tertiary/aromatic N) is 1. The van der Waals surface area contributed by atoms with Gasteiger partial charge in [-0.1, -0.05) is 41.9 Å². The first kappa shape index (κ1) is 27.1. The number of thiophene rings is 1. The van der Waals surface area contributed by atoms with E-state index in [0.29, 0.717) is 44.4 Å². The molecule has 2 aromatic carbocycles. The minimum Gasteiger partial charge on any atom is -0.481 e. The molecule has 0 aliphatic carbocycles. The van der Waals surface area contributed by atoms with Gasteiger partial charge < -0.3 is 24.5 Å². The monoisotopic (exact) mass is 551 g/mol. The fraction of sp³-hybridized carbons (Fsp3) is 0.423. The zero-order valence-electron chi connectivity index (χ0n) is 19.9. The SMILES string of the molecule is O=C1CCC[C@H](CCC(O)CCc2sc3ccccc3c2Cl)N1Cc1cccc(OCP(=O)(O)O)c1. The highest BCUT2D eigenvalue weighted by molar-refractivity contribution is 7.51. The van der Waals surface area contributed by atoms with Gasteiger partial charge in [0.1, 0.15) is 5.75 Å². The molecule has 1 aromatic heterocycles. The molecule has 0 bridgehead atoms. The van der Waals surface area contributed by atoms with Crippen LogP contribution in [0.1, 0.15) is 49.0 Å². The molecular weight excluding hydrogens is 521 g/mol. The largest absolute Gasteiger partial charge is 0.481 e. The van der Waals surface area contributed by atoms with Crippen LogP contribution in [0.2, 0.25) is 5.02 Å². The predicted octanol–water partition coefficient (Wildman–Crippen LogP) is 5.72. The Hall–Kier alpha value is -1.93. The van der Waals surface area contributed by atoms with Gasteiger partial charge in [-0.05, 0) is 62.3 Å². The molecule has 36 heavy (non-hydrogen) atoms. The van der Waals surface area contributed by atoms with Crippen LogP contribution in [0.25, 0.3) is 10.1 Å². The number of aliphatic hydroxyl groups is 1. The maximum Gasteiger partial charge on any atom is 0.362 e.